The predicted molar refractivity (Wildman–Crippen MR) is 87.5 cm³/mol. The first-order valence-electron chi connectivity index (χ1n) is 7.23. The first kappa shape index (κ1) is 14.1. The Kier molecular flexibility index (Phi) is 4.21. The summed E-state index contributed by atoms with van der Waals surface area (Å²) < 4.78 is 0. The molecule has 106 valence electrons. The Morgan fingerprint density at radius 1 is 0.952 bits per heavy atom. The van der Waals surface area contributed by atoms with Crippen molar-refractivity contribution in [2.24, 2.45) is 0 Å². The van der Waals surface area contributed by atoms with Crippen molar-refractivity contribution >= 4 is 23.5 Å². The minimum Gasteiger partial charge on any atom is -0.293 e. The maximum Gasteiger partial charge on any atom is 0.176 e. The SMILES string of the molecule is O=C1C(=Cc2ccccc2)CC(c2ccccc2)CC1Cl. The van der Waals surface area contributed by atoms with Crippen molar-refractivity contribution in [2.45, 2.75) is 24.1 Å². The fourth-order valence-electron chi connectivity index (χ4n) is 2.87. The summed E-state index contributed by atoms with van der Waals surface area (Å²) in [5.41, 5.74) is 3.15. The van der Waals surface area contributed by atoms with Crippen LogP contribution < -0.4 is 0 Å². The number of Topliss-reactive ketones (excluding diaryl/α,β-unsaturated/α-hetero) is 1. The molecule has 2 aromatic carbocycles. The van der Waals surface area contributed by atoms with Gasteiger partial charge in [0.2, 0.25) is 0 Å². The highest BCUT2D eigenvalue weighted by molar-refractivity contribution is 6.34. The van der Waals surface area contributed by atoms with Crippen molar-refractivity contribution in [3.05, 3.63) is 77.4 Å². The Hall–Kier alpha value is -1.86. The molecule has 0 N–H and O–H groups in total. The van der Waals surface area contributed by atoms with E-state index in [1.54, 1.807) is 0 Å². The Morgan fingerprint density at radius 3 is 2.24 bits per heavy atom. The zero-order chi connectivity index (χ0) is 14.7. The highest BCUT2D eigenvalue weighted by atomic mass is 35.5. The number of rotatable bonds is 2. The quantitative estimate of drug-likeness (QED) is 0.573. The highest BCUT2D eigenvalue weighted by Crippen LogP contribution is 2.37. The van der Waals surface area contributed by atoms with Crippen molar-refractivity contribution in [2.75, 3.05) is 0 Å². The first-order chi connectivity index (χ1) is 10.2. The van der Waals surface area contributed by atoms with Crippen LogP contribution in [0.4, 0.5) is 0 Å². The first-order valence-corrected chi connectivity index (χ1v) is 7.66. The molecule has 2 atom stereocenters. The van der Waals surface area contributed by atoms with Crippen LogP contribution in [0.15, 0.2) is 66.2 Å². The van der Waals surface area contributed by atoms with E-state index < -0.39 is 5.38 Å². The van der Waals surface area contributed by atoms with E-state index >= 15 is 0 Å². The van der Waals surface area contributed by atoms with Crippen molar-refractivity contribution in [1.82, 2.24) is 0 Å². The van der Waals surface area contributed by atoms with Gasteiger partial charge in [-0.3, -0.25) is 4.79 Å². The highest BCUT2D eigenvalue weighted by Gasteiger charge is 2.31. The molecule has 2 unspecified atom stereocenters. The number of alkyl halides is 1. The topological polar surface area (TPSA) is 17.1 Å². The monoisotopic (exact) mass is 296 g/mol. The van der Waals surface area contributed by atoms with E-state index in [2.05, 4.69) is 12.1 Å². The summed E-state index contributed by atoms with van der Waals surface area (Å²) in [7, 11) is 0. The number of allylic oxidation sites excluding steroid dienone is 1. The second kappa shape index (κ2) is 6.28. The molecule has 21 heavy (non-hydrogen) atoms. The molecule has 1 aliphatic carbocycles. The molecule has 0 bridgehead atoms. The Morgan fingerprint density at radius 2 is 1.57 bits per heavy atom. The van der Waals surface area contributed by atoms with E-state index in [4.69, 9.17) is 11.6 Å². The zero-order valence-corrected chi connectivity index (χ0v) is 12.5. The van der Waals surface area contributed by atoms with E-state index in [1.165, 1.54) is 5.56 Å². The molecule has 1 fully saturated rings. The molecule has 2 heteroatoms. The Labute approximate surface area is 130 Å². The Balaban J connectivity index is 1.89. The van der Waals surface area contributed by atoms with Gasteiger partial charge in [-0.05, 0) is 41.5 Å². The number of carbonyl (C=O) groups is 1. The van der Waals surface area contributed by atoms with Crippen LogP contribution in [0, 0.1) is 0 Å². The van der Waals surface area contributed by atoms with Crippen molar-refractivity contribution in [1.29, 1.82) is 0 Å². The largest absolute Gasteiger partial charge is 0.293 e. The lowest BCUT2D eigenvalue weighted by Crippen LogP contribution is -2.26. The molecule has 1 aliphatic rings. The van der Waals surface area contributed by atoms with Crippen LogP contribution in [-0.2, 0) is 4.79 Å². The minimum absolute atomic E-state index is 0.0766. The fourth-order valence-corrected chi connectivity index (χ4v) is 3.22. The summed E-state index contributed by atoms with van der Waals surface area (Å²) in [5, 5.41) is -0.418. The summed E-state index contributed by atoms with van der Waals surface area (Å²) in [6.07, 6.45) is 3.46. The van der Waals surface area contributed by atoms with Crippen LogP contribution >= 0.6 is 11.6 Å². The summed E-state index contributed by atoms with van der Waals surface area (Å²) in [6, 6.07) is 20.3. The third kappa shape index (κ3) is 3.25. The average Bonchev–Trinajstić information content (AvgIpc) is 2.53. The van der Waals surface area contributed by atoms with Crippen LogP contribution in [0.5, 0.6) is 0 Å². The molecule has 0 saturated heterocycles. The normalized spacial score (nSPS) is 24.2. The van der Waals surface area contributed by atoms with Gasteiger partial charge in [-0.2, -0.15) is 0 Å². The third-order valence-electron chi connectivity index (χ3n) is 3.97. The van der Waals surface area contributed by atoms with Gasteiger partial charge in [-0.25, -0.2) is 0 Å². The summed E-state index contributed by atoms with van der Waals surface area (Å²) >= 11 is 6.28. The van der Waals surface area contributed by atoms with Gasteiger partial charge in [0.1, 0.15) is 0 Å². The molecule has 1 saturated carbocycles. The van der Waals surface area contributed by atoms with E-state index in [-0.39, 0.29) is 5.78 Å². The molecule has 0 amide bonds. The van der Waals surface area contributed by atoms with Crippen LogP contribution in [0.2, 0.25) is 0 Å². The van der Waals surface area contributed by atoms with Gasteiger partial charge in [-0.15, -0.1) is 11.6 Å². The van der Waals surface area contributed by atoms with Crippen LogP contribution in [-0.4, -0.2) is 11.2 Å². The van der Waals surface area contributed by atoms with Gasteiger partial charge < -0.3 is 0 Å². The van der Waals surface area contributed by atoms with Crippen molar-refractivity contribution < 1.29 is 4.79 Å². The van der Waals surface area contributed by atoms with Gasteiger partial charge in [0, 0.05) is 0 Å². The van der Waals surface area contributed by atoms with Gasteiger partial charge in [0.15, 0.2) is 5.78 Å². The zero-order valence-electron chi connectivity index (χ0n) is 11.7. The molecule has 0 radical (unpaired) electrons. The maximum atomic E-state index is 12.3. The molecule has 0 spiro atoms. The Bertz CT molecular complexity index is 646. The lowest BCUT2D eigenvalue weighted by atomic mass is 9.79. The smallest absolute Gasteiger partial charge is 0.176 e. The van der Waals surface area contributed by atoms with Crippen LogP contribution in [0.25, 0.3) is 6.08 Å². The molecule has 0 heterocycles. The van der Waals surface area contributed by atoms with E-state index in [9.17, 15) is 4.79 Å². The number of halogens is 1. The molecule has 1 nitrogen and oxygen atoms in total. The van der Waals surface area contributed by atoms with Crippen LogP contribution in [0.1, 0.15) is 29.9 Å². The number of hydrogen-bond acceptors (Lipinski definition) is 1. The van der Waals surface area contributed by atoms with Gasteiger partial charge in [0.25, 0.3) is 0 Å². The second-order valence-electron chi connectivity index (χ2n) is 5.46. The number of benzene rings is 2. The average molecular weight is 297 g/mol. The molecule has 2 aromatic rings. The predicted octanol–water partition coefficient (Wildman–Crippen LogP) is 4.82. The second-order valence-corrected chi connectivity index (χ2v) is 5.99. The van der Waals surface area contributed by atoms with Crippen molar-refractivity contribution in [3.8, 4) is 0 Å². The lowest BCUT2D eigenvalue weighted by Gasteiger charge is -2.27. The third-order valence-corrected chi connectivity index (χ3v) is 4.35. The molecular formula is C19H17ClO. The number of hydrogen-bond donors (Lipinski definition) is 0. The summed E-state index contributed by atoms with van der Waals surface area (Å²) in [4.78, 5) is 12.3. The molecular weight excluding hydrogens is 280 g/mol. The molecule has 0 aliphatic heterocycles. The summed E-state index contributed by atoms with van der Waals surface area (Å²) in [5.74, 6) is 0.397. The van der Waals surface area contributed by atoms with Gasteiger partial charge >= 0.3 is 0 Å². The lowest BCUT2D eigenvalue weighted by molar-refractivity contribution is -0.116. The van der Waals surface area contributed by atoms with E-state index in [0.29, 0.717) is 5.92 Å². The number of carbonyl (C=O) groups excluding carboxylic acids is 1. The van der Waals surface area contributed by atoms with Gasteiger partial charge in [0.05, 0.1) is 5.38 Å². The van der Waals surface area contributed by atoms with E-state index in [0.717, 1.165) is 24.0 Å². The standard InChI is InChI=1S/C19H17ClO/c20-18-13-16(15-9-5-2-6-10-15)12-17(19(18)21)11-14-7-3-1-4-8-14/h1-11,16,18H,12-13H2. The maximum absolute atomic E-state index is 12.3. The van der Waals surface area contributed by atoms with Gasteiger partial charge in [-0.1, -0.05) is 60.7 Å². The fraction of sp³-hybridized carbons (Fsp3) is 0.211. The molecule has 0 aromatic heterocycles. The minimum atomic E-state index is -0.418. The molecule has 3 rings (SSSR count). The number of ketones is 1. The summed E-state index contributed by atoms with van der Waals surface area (Å²) in [6.45, 7) is 0. The van der Waals surface area contributed by atoms with Crippen LogP contribution in [0.3, 0.4) is 0 Å². The van der Waals surface area contributed by atoms with E-state index in [1.807, 2.05) is 54.6 Å². The van der Waals surface area contributed by atoms with Crippen molar-refractivity contribution in [3.63, 3.8) is 0 Å².